The number of aromatic nitrogens is 1. The van der Waals surface area contributed by atoms with Gasteiger partial charge in [-0.25, -0.2) is 0 Å². The highest BCUT2D eigenvalue weighted by atomic mass is 16.5. The maximum Gasteiger partial charge on any atom is 0.165 e. The molecule has 2 aliphatic carbocycles. The first-order valence-electron chi connectivity index (χ1n) is 11.0. The topological polar surface area (TPSA) is 65.8 Å². The Morgan fingerprint density at radius 2 is 1.94 bits per heavy atom. The fourth-order valence-corrected chi connectivity index (χ4v) is 6.25. The van der Waals surface area contributed by atoms with Gasteiger partial charge in [0.15, 0.2) is 11.5 Å². The van der Waals surface area contributed by atoms with E-state index in [4.69, 9.17) is 4.74 Å². The number of piperidine rings is 1. The smallest absolute Gasteiger partial charge is 0.165 e. The number of benzene rings is 2. The second-order valence-corrected chi connectivity index (χ2v) is 9.13. The molecule has 31 heavy (non-hydrogen) atoms. The molecule has 0 saturated carbocycles. The number of pyridine rings is 1. The SMILES string of the molecule is CN1CC[C@]23c4c5ccc(O)c4O[C@H]2[C@@H](O)C=C[C@H]3[C@H]1C5.c1ccc2ncccc2c1. The lowest BCUT2D eigenvalue weighted by Gasteiger charge is -2.56. The van der Waals surface area contributed by atoms with Crippen LogP contribution in [-0.4, -0.2) is 51.9 Å². The summed E-state index contributed by atoms with van der Waals surface area (Å²) in [4.78, 5) is 6.61. The largest absolute Gasteiger partial charge is 0.504 e. The fraction of sp³-hybridized carbons (Fsp3) is 0.346. The molecule has 158 valence electrons. The van der Waals surface area contributed by atoms with Crippen LogP contribution in [0.15, 0.2) is 66.9 Å². The maximum absolute atomic E-state index is 10.4. The van der Waals surface area contributed by atoms with Crippen LogP contribution in [0, 0.1) is 5.92 Å². The summed E-state index contributed by atoms with van der Waals surface area (Å²) in [6.07, 6.45) is 6.99. The molecule has 3 heterocycles. The minimum atomic E-state index is -0.594. The van der Waals surface area contributed by atoms with Gasteiger partial charge in [-0.05, 0) is 50.2 Å². The Kier molecular flexibility index (Phi) is 4.14. The van der Waals surface area contributed by atoms with Crippen molar-refractivity contribution in [3.05, 3.63) is 78.0 Å². The van der Waals surface area contributed by atoms with Crippen molar-refractivity contribution in [1.82, 2.24) is 9.88 Å². The number of hydrogen-bond acceptors (Lipinski definition) is 5. The predicted molar refractivity (Wildman–Crippen MR) is 119 cm³/mol. The number of phenolic OH excluding ortho intramolecular Hbond substituents is 1. The highest BCUT2D eigenvalue weighted by Gasteiger charge is 2.64. The summed E-state index contributed by atoms with van der Waals surface area (Å²) in [6, 6.07) is 16.3. The molecule has 1 saturated heterocycles. The minimum Gasteiger partial charge on any atom is -0.504 e. The van der Waals surface area contributed by atoms with Gasteiger partial charge in [-0.1, -0.05) is 42.5 Å². The quantitative estimate of drug-likeness (QED) is 0.552. The second kappa shape index (κ2) is 6.81. The summed E-state index contributed by atoms with van der Waals surface area (Å²) >= 11 is 0. The molecule has 5 atom stereocenters. The van der Waals surface area contributed by atoms with Crippen LogP contribution < -0.4 is 4.74 Å². The molecule has 5 nitrogen and oxygen atoms in total. The number of likely N-dealkylation sites (tertiary alicyclic amines) is 1. The number of aliphatic hydroxyl groups excluding tert-OH is 1. The van der Waals surface area contributed by atoms with Crippen molar-refractivity contribution < 1.29 is 14.9 Å². The summed E-state index contributed by atoms with van der Waals surface area (Å²) in [5, 5.41) is 21.8. The number of fused-ring (bicyclic) bond motifs is 1. The van der Waals surface area contributed by atoms with Gasteiger partial charge in [0.25, 0.3) is 0 Å². The van der Waals surface area contributed by atoms with Crippen molar-refractivity contribution in [1.29, 1.82) is 0 Å². The number of hydrogen-bond donors (Lipinski definition) is 2. The van der Waals surface area contributed by atoms with Gasteiger partial charge in [0, 0.05) is 34.5 Å². The number of ether oxygens (including phenoxy) is 1. The van der Waals surface area contributed by atoms with E-state index in [0.29, 0.717) is 17.7 Å². The molecule has 1 spiro atoms. The summed E-state index contributed by atoms with van der Waals surface area (Å²) < 4.78 is 6.09. The lowest BCUT2D eigenvalue weighted by Crippen LogP contribution is -2.64. The third-order valence-corrected chi connectivity index (χ3v) is 7.66. The van der Waals surface area contributed by atoms with Gasteiger partial charge < -0.3 is 19.8 Å². The number of rotatable bonds is 0. The van der Waals surface area contributed by atoms with Gasteiger partial charge in [-0.15, -0.1) is 0 Å². The Hall–Kier alpha value is -2.89. The Bertz CT molecular complexity index is 1130. The van der Waals surface area contributed by atoms with Gasteiger partial charge in [0.2, 0.25) is 0 Å². The van der Waals surface area contributed by atoms with Crippen LogP contribution in [-0.2, 0) is 11.8 Å². The van der Waals surface area contributed by atoms with Crippen LogP contribution in [0.3, 0.4) is 0 Å². The third-order valence-electron chi connectivity index (χ3n) is 7.66. The first-order valence-corrected chi connectivity index (χ1v) is 11.0. The van der Waals surface area contributed by atoms with Crippen molar-refractivity contribution in [3.8, 4) is 11.5 Å². The van der Waals surface area contributed by atoms with Gasteiger partial charge >= 0.3 is 0 Å². The summed E-state index contributed by atoms with van der Waals surface area (Å²) in [5.74, 6) is 1.19. The molecule has 5 heteroatoms. The fourth-order valence-electron chi connectivity index (χ4n) is 6.25. The van der Waals surface area contributed by atoms with E-state index in [0.717, 1.165) is 24.9 Å². The number of para-hydroxylation sites is 1. The average Bonchev–Trinajstić information content (AvgIpc) is 3.16. The summed E-state index contributed by atoms with van der Waals surface area (Å²) in [7, 11) is 2.19. The number of likely N-dealkylation sites (N-methyl/N-ethyl adjacent to an activating group) is 1. The van der Waals surface area contributed by atoms with Crippen LogP contribution in [0.2, 0.25) is 0 Å². The van der Waals surface area contributed by atoms with Crippen molar-refractivity contribution >= 4 is 10.9 Å². The molecule has 2 bridgehead atoms. The Labute approximate surface area is 181 Å². The Balaban J connectivity index is 0.000000156. The van der Waals surface area contributed by atoms with Crippen molar-refractivity contribution in [2.75, 3.05) is 13.6 Å². The molecule has 4 aliphatic rings. The number of phenols is 1. The van der Waals surface area contributed by atoms with Gasteiger partial charge in [-0.3, -0.25) is 4.98 Å². The lowest BCUT2D eigenvalue weighted by molar-refractivity contribution is -0.0453. The van der Waals surface area contributed by atoms with Gasteiger partial charge in [-0.2, -0.15) is 0 Å². The maximum atomic E-state index is 10.4. The third kappa shape index (κ3) is 2.60. The molecular weight excluding hydrogens is 388 g/mol. The first kappa shape index (κ1) is 18.8. The molecule has 1 aromatic heterocycles. The zero-order chi connectivity index (χ0) is 21.2. The number of aliphatic hydroxyl groups is 1. The van der Waals surface area contributed by atoms with E-state index >= 15 is 0 Å². The van der Waals surface area contributed by atoms with E-state index in [1.807, 2.05) is 42.6 Å². The molecule has 0 unspecified atom stereocenters. The van der Waals surface area contributed by atoms with Crippen molar-refractivity contribution in [3.63, 3.8) is 0 Å². The molecule has 2 N–H and O–H groups in total. The minimum absolute atomic E-state index is 0.160. The Morgan fingerprint density at radius 1 is 1.10 bits per heavy atom. The molecule has 3 aromatic rings. The van der Waals surface area contributed by atoms with Gasteiger partial charge in [0.05, 0.1) is 5.52 Å². The predicted octanol–water partition coefficient (Wildman–Crippen LogP) is 3.43. The zero-order valence-corrected chi connectivity index (χ0v) is 17.5. The average molecular weight is 415 g/mol. The molecular formula is C26H26N2O3. The van der Waals surface area contributed by atoms with Crippen LogP contribution in [0.1, 0.15) is 17.5 Å². The molecule has 0 amide bonds. The van der Waals surface area contributed by atoms with E-state index in [2.05, 4.69) is 35.1 Å². The zero-order valence-electron chi connectivity index (χ0n) is 17.5. The summed E-state index contributed by atoms with van der Waals surface area (Å²) in [5.41, 5.74) is 3.35. The Morgan fingerprint density at radius 3 is 2.81 bits per heavy atom. The standard InChI is InChI=1S/C17H19NO3.C9H7N/c1-18-7-6-17-10-3-5-13(20)16(17)21-15-12(19)4-2-9(14(15)17)8-11(10)18;1-2-6-9-8(4-1)5-3-7-10-9/h2-5,10-11,13,16,19-20H,6-8H2,1H3;1-7H/t10-,11+,13-,16-,17-;/m0./s1. The van der Waals surface area contributed by atoms with E-state index in [1.165, 1.54) is 16.5 Å². The molecule has 1 fully saturated rings. The number of aromatic hydroxyl groups is 1. The highest BCUT2D eigenvalue weighted by molar-refractivity contribution is 5.77. The number of nitrogens with zero attached hydrogens (tertiary/aromatic N) is 2. The van der Waals surface area contributed by atoms with Crippen LogP contribution >= 0.6 is 0 Å². The molecule has 7 rings (SSSR count). The molecule has 2 aliphatic heterocycles. The van der Waals surface area contributed by atoms with Crippen LogP contribution in [0.5, 0.6) is 11.5 Å². The van der Waals surface area contributed by atoms with Crippen LogP contribution in [0.25, 0.3) is 10.9 Å². The van der Waals surface area contributed by atoms with Crippen LogP contribution in [0.4, 0.5) is 0 Å². The second-order valence-electron chi connectivity index (χ2n) is 9.13. The summed E-state index contributed by atoms with van der Waals surface area (Å²) in [6.45, 7) is 1.01. The highest BCUT2D eigenvalue weighted by Crippen LogP contribution is 2.62. The van der Waals surface area contributed by atoms with E-state index in [9.17, 15) is 10.2 Å². The van der Waals surface area contributed by atoms with Gasteiger partial charge in [0.1, 0.15) is 12.2 Å². The monoisotopic (exact) mass is 414 g/mol. The normalized spacial score (nSPS) is 32.1. The van der Waals surface area contributed by atoms with E-state index in [-0.39, 0.29) is 17.3 Å². The lowest BCUT2D eigenvalue weighted by atomic mass is 9.53. The molecule has 2 aromatic carbocycles. The van der Waals surface area contributed by atoms with E-state index < -0.39 is 6.10 Å². The first-order chi connectivity index (χ1) is 15.1. The van der Waals surface area contributed by atoms with E-state index in [1.54, 1.807) is 6.07 Å². The van der Waals surface area contributed by atoms with Crippen molar-refractivity contribution in [2.24, 2.45) is 5.92 Å². The van der Waals surface area contributed by atoms with Crippen molar-refractivity contribution in [2.45, 2.75) is 36.5 Å². The molecule has 0 radical (unpaired) electrons.